The van der Waals surface area contributed by atoms with Crippen LogP contribution < -0.4 is 4.72 Å². The number of hydrogen-bond donors (Lipinski definition) is 2. The molecule has 2 aromatic rings. The van der Waals surface area contributed by atoms with E-state index in [9.17, 15) is 9.90 Å². The zero-order chi connectivity index (χ0) is 24.2. The lowest BCUT2D eigenvalue weighted by Gasteiger charge is -2.29. The maximum Gasteiger partial charge on any atom is 0.337 e. The monoisotopic (exact) mass is 469 g/mol. The van der Waals surface area contributed by atoms with Crippen LogP contribution in [0.2, 0.25) is 0 Å². The highest BCUT2D eigenvalue weighted by atomic mass is 32.2. The van der Waals surface area contributed by atoms with Crippen LogP contribution >= 0.6 is 11.9 Å². The number of rotatable bonds is 8. The number of carboxylic acids is 1. The Morgan fingerprint density at radius 2 is 1.76 bits per heavy atom. The minimum Gasteiger partial charge on any atom is -0.479 e. The van der Waals surface area contributed by atoms with Crippen molar-refractivity contribution in [1.82, 2.24) is 0 Å². The van der Waals surface area contributed by atoms with Gasteiger partial charge in [-0.25, -0.2) is 4.79 Å². The Labute approximate surface area is 203 Å². The number of anilines is 1. The quantitative estimate of drug-likeness (QED) is 0.385. The van der Waals surface area contributed by atoms with Gasteiger partial charge in [0.2, 0.25) is 0 Å². The summed E-state index contributed by atoms with van der Waals surface area (Å²) in [6.07, 6.45) is 5.61. The molecule has 0 spiro atoms. The number of nitrogens with one attached hydrogen (secondary N) is 1. The van der Waals surface area contributed by atoms with E-state index in [1.54, 1.807) is 11.9 Å². The predicted octanol–water partition coefficient (Wildman–Crippen LogP) is 7.86. The summed E-state index contributed by atoms with van der Waals surface area (Å²) in [6.45, 7) is 11.8. The molecule has 4 nitrogen and oxygen atoms in total. The molecule has 0 bridgehead atoms. The number of benzene rings is 2. The maximum atomic E-state index is 12.5. The molecule has 2 aromatic carbocycles. The van der Waals surface area contributed by atoms with E-state index in [1.807, 2.05) is 27.7 Å². The molecule has 180 valence electrons. The molecule has 0 radical (unpaired) electrons. The number of hydrogen-bond acceptors (Lipinski definition) is 4. The molecular formula is C28H39NO3S. The number of carboxylic acid groups (broad SMARTS) is 1. The summed E-state index contributed by atoms with van der Waals surface area (Å²) in [5.74, 6) is 0.877. The second-order valence-corrected chi connectivity index (χ2v) is 11.2. The molecule has 0 amide bonds. The Kier molecular flexibility index (Phi) is 8.52. The Balaban J connectivity index is 2.02. The molecule has 0 heterocycles. The highest BCUT2D eigenvalue weighted by Crippen LogP contribution is 2.41. The van der Waals surface area contributed by atoms with Crippen LogP contribution in [0.25, 0.3) is 11.1 Å². The zero-order valence-electron chi connectivity index (χ0n) is 21.0. The fourth-order valence-electron chi connectivity index (χ4n) is 4.66. The summed E-state index contributed by atoms with van der Waals surface area (Å²) in [5.41, 5.74) is 6.24. The summed E-state index contributed by atoms with van der Waals surface area (Å²) in [6, 6.07) is 10.4. The molecule has 1 atom stereocenters. The largest absolute Gasteiger partial charge is 0.479 e. The topological polar surface area (TPSA) is 58.6 Å². The third-order valence-electron chi connectivity index (χ3n) is 6.36. The molecule has 1 aliphatic rings. The molecule has 1 saturated carbocycles. The smallest absolute Gasteiger partial charge is 0.337 e. The van der Waals surface area contributed by atoms with Crippen molar-refractivity contribution in [3.63, 3.8) is 0 Å². The molecule has 0 aliphatic heterocycles. The molecular weight excluding hydrogens is 430 g/mol. The van der Waals surface area contributed by atoms with Crippen molar-refractivity contribution in [2.45, 2.75) is 85.4 Å². The molecule has 1 unspecified atom stereocenters. The van der Waals surface area contributed by atoms with Crippen LogP contribution in [0, 0.1) is 26.7 Å². The van der Waals surface area contributed by atoms with Gasteiger partial charge in [-0.1, -0.05) is 61.0 Å². The van der Waals surface area contributed by atoms with Crippen molar-refractivity contribution < 1.29 is 14.6 Å². The second kappa shape index (κ2) is 11.0. The lowest BCUT2D eigenvalue weighted by Crippen LogP contribution is -2.28. The van der Waals surface area contributed by atoms with Gasteiger partial charge >= 0.3 is 5.97 Å². The minimum atomic E-state index is -1.05. The van der Waals surface area contributed by atoms with Gasteiger partial charge in [-0.2, -0.15) is 0 Å². The van der Waals surface area contributed by atoms with Gasteiger partial charge in [-0.3, -0.25) is 0 Å². The molecule has 1 aliphatic carbocycles. The first-order valence-corrected chi connectivity index (χ1v) is 13.0. The number of aliphatic carboxylic acids is 1. The number of aryl methyl sites for hydroxylation is 2. The van der Waals surface area contributed by atoms with E-state index in [4.69, 9.17) is 4.74 Å². The van der Waals surface area contributed by atoms with E-state index in [0.29, 0.717) is 0 Å². The zero-order valence-corrected chi connectivity index (χ0v) is 21.8. The maximum absolute atomic E-state index is 12.5. The molecule has 5 heteroatoms. The summed E-state index contributed by atoms with van der Waals surface area (Å²) in [5, 5.41) is 10.2. The summed E-state index contributed by atoms with van der Waals surface area (Å²) >= 11 is 1.74. The second-order valence-electron chi connectivity index (χ2n) is 10.4. The van der Waals surface area contributed by atoms with E-state index in [1.165, 1.54) is 37.7 Å². The van der Waals surface area contributed by atoms with Crippen molar-refractivity contribution in [2.24, 2.45) is 5.92 Å². The van der Waals surface area contributed by atoms with Gasteiger partial charge in [-0.15, -0.1) is 0 Å². The van der Waals surface area contributed by atoms with Crippen LogP contribution in [0.4, 0.5) is 5.69 Å². The van der Waals surface area contributed by atoms with E-state index >= 15 is 0 Å². The first-order chi connectivity index (χ1) is 15.6. The average molecular weight is 470 g/mol. The van der Waals surface area contributed by atoms with Gasteiger partial charge in [0.1, 0.15) is 0 Å². The van der Waals surface area contributed by atoms with Crippen molar-refractivity contribution in [2.75, 3.05) is 10.5 Å². The Morgan fingerprint density at radius 1 is 1.12 bits per heavy atom. The standard InChI is InChI=1S/C28H39NO3S/c1-18-12-14-22(15-13-18)24-19(2)16-23(29-33-17-21-10-8-7-9-11-21)20(3)25(24)26(27(30)31)32-28(4,5)6/h12-16,21,26,29H,7-11,17H2,1-6H3,(H,30,31). The SMILES string of the molecule is Cc1ccc(-c2c(C)cc(NSCC3CCCCC3)c(C)c2C(OC(C)(C)C)C(=O)O)cc1. The predicted molar refractivity (Wildman–Crippen MR) is 140 cm³/mol. The van der Waals surface area contributed by atoms with Crippen LogP contribution in [-0.2, 0) is 9.53 Å². The van der Waals surface area contributed by atoms with Crippen LogP contribution in [0.5, 0.6) is 0 Å². The molecule has 0 aromatic heterocycles. The van der Waals surface area contributed by atoms with E-state index < -0.39 is 17.7 Å². The van der Waals surface area contributed by atoms with Gasteiger partial charge in [0.15, 0.2) is 6.10 Å². The van der Waals surface area contributed by atoms with E-state index in [0.717, 1.165) is 45.2 Å². The normalized spacial score (nSPS) is 15.9. The molecule has 1 fully saturated rings. The fourth-order valence-corrected chi connectivity index (χ4v) is 5.68. The molecule has 2 N–H and O–H groups in total. The number of carbonyl (C=O) groups is 1. The first kappa shape index (κ1) is 25.6. The van der Waals surface area contributed by atoms with Gasteiger partial charge in [-0.05, 0) is 88.6 Å². The van der Waals surface area contributed by atoms with Crippen molar-refractivity contribution in [3.05, 3.63) is 52.6 Å². The van der Waals surface area contributed by atoms with Crippen LogP contribution in [-0.4, -0.2) is 22.4 Å². The van der Waals surface area contributed by atoms with Crippen LogP contribution in [0.3, 0.4) is 0 Å². The summed E-state index contributed by atoms with van der Waals surface area (Å²) in [4.78, 5) is 12.5. The lowest BCUT2D eigenvalue weighted by atomic mass is 9.87. The Morgan fingerprint density at radius 3 is 2.33 bits per heavy atom. The third-order valence-corrected chi connectivity index (χ3v) is 7.36. The Hall–Kier alpha value is -1.98. The van der Waals surface area contributed by atoms with Gasteiger partial charge in [0.05, 0.1) is 5.60 Å². The molecule has 33 heavy (non-hydrogen) atoms. The minimum absolute atomic E-state index is 0.590. The summed E-state index contributed by atoms with van der Waals surface area (Å²) in [7, 11) is 0. The summed E-state index contributed by atoms with van der Waals surface area (Å²) < 4.78 is 9.68. The van der Waals surface area contributed by atoms with Crippen molar-refractivity contribution in [1.29, 1.82) is 0 Å². The first-order valence-electron chi connectivity index (χ1n) is 12.1. The van der Waals surface area contributed by atoms with Crippen LogP contribution in [0.1, 0.15) is 81.2 Å². The number of ether oxygens (including phenoxy) is 1. The van der Waals surface area contributed by atoms with Crippen molar-refractivity contribution >= 4 is 23.6 Å². The lowest BCUT2D eigenvalue weighted by molar-refractivity contribution is -0.160. The van der Waals surface area contributed by atoms with Gasteiger partial charge in [0.25, 0.3) is 0 Å². The fraction of sp³-hybridized carbons (Fsp3) is 0.536. The van der Waals surface area contributed by atoms with Gasteiger partial charge in [0, 0.05) is 17.0 Å². The van der Waals surface area contributed by atoms with E-state index in [-0.39, 0.29) is 0 Å². The van der Waals surface area contributed by atoms with Crippen molar-refractivity contribution in [3.8, 4) is 11.1 Å². The average Bonchev–Trinajstić information content (AvgIpc) is 2.75. The third kappa shape index (κ3) is 6.77. The Bertz CT molecular complexity index is 957. The van der Waals surface area contributed by atoms with Gasteiger partial charge < -0.3 is 14.6 Å². The highest BCUT2D eigenvalue weighted by Gasteiger charge is 2.32. The molecule has 0 saturated heterocycles. The van der Waals surface area contributed by atoms with Crippen LogP contribution in [0.15, 0.2) is 30.3 Å². The van der Waals surface area contributed by atoms with E-state index in [2.05, 4.69) is 48.9 Å². The molecule has 3 rings (SSSR count). The highest BCUT2D eigenvalue weighted by molar-refractivity contribution is 8.00.